The molecule has 0 aliphatic carbocycles. The first-order chi connectivity index (χ1) is 11.1. The van der Waals surface area contributed by atoms with Crippen molar-refractivity contribution in [1.82, 2.24) is 4.98 Å². The van der Waals surface area contributed by atoms with E-state index >= 15 is 0 Å². The van der Waals surface area contributed by atoms with Crippen molar-refractivity contribution < 1.29 is 0 Å². The van der Waals surface area contributed by atoms with Gasteiger partial charge in [0.2, 0.25) is 0 Å². The Bertz CT molecular complexity index is 813. The van der Waals surface area contributed by atoms with Crippen molar-refractivity contribution in [2.24, 2.45) is 0 Å². The molecule has 0 amide bonds. The molecule has 1 heterocycles. The number of aromatic nitrogens is 1. The average molecular weight is 320 g/mol. The summed E-state index contributed by atoms with van der Waals surface area (Å²) in [4.78, 5) is 5.97. The van der Waals surface area contributed by atoms with Crippen LogP contribution in [0.5, 0.6) is 0 Å². The summed E-state index contributed by atoms with van der Waals surface area (Å²) in [5, 5.41) is 0. The minimum Gasteiger partial charge on any atom is -0.310 e. The minimum atomic E-state index is 0.873. The van der Waals surface area contributed by atoms with Gasteiger partial charge in [-0.2, -0.15) is 0 Å². The molecule has 0 atom stereocenters. The second-order valence-electron chi connectivity index (χ2n) is 5.68. The molecule has 23 heavy (non-hydrogen) atoms. The van der Waals surface area contributed by atoms with E-state index in [1.165, 1.54) is 27.1 Å². The van der Waals surface area contributed by atoms with Gasteiger partial charge < -0.3 is 4.72 Å². The van der Waals surface area contributed by atoms with E-state index in [1.54, 1.807) is 11.9 Å². The van der Waals surface area contributed by atoms with Gasteiger partial charge in [0.1, 0.15) is 5.82 Å². The standard InChI is InChI=1S/C20H20N2S/c1-14-9-11-17(13-16(14)3)20-15(2)10-12-19(21-20)22-23-18-7-5-4-6-8-18/h4-13H,1-3H3,(H,21,22). The predicted molar refractivity (Wildman–Crippen MR) is 99.8 cm³/mol. The van der Waals surface area contributed by atoms with E-state index in [1.807, 2.05) is 24.3 Å². The zero-order valence-corrected chi connectivity index (χ0v) is 14.4. The van der Waals surface area contributed by atoms with Gasteiger partial charge in [0.25, 0.3) is 0 Å². The molecule has 2 aromatic carbocycles. The topological polar surface area (TPSA) is 24.9 Å². The maximum Gasteiger partial charge on any atom is 0.136 e. The van der Waals surface area contributed by atoms with Crippen LogP contribution in [-0.4, -0.2) is 4.98 Å². The molecule has 0 fully saturated rings. The predicted octanol–water partition coefficient (Wildman–Crippen LogP) is 5.79. The fourth-order valence-corrected chi connectivity index (χ4v) is 3.00. The van der Waals surface area contributed by atoms with Gasteiger partial charge in [-0.3, -0.25) is 0 Å². The first-order valence-electron chi connectivity index (χ1n) is 7.66. The van der Waals surface area contributed by atoms with Crippen LogP contribution in [0.15, 0.2) is 65.6 Å². The number of pyridine rings is 1. The SMILES string of the molecule is Cc1ccc(-c2nc(NSc3ccccc3)ccc2C)cc1C. The molecule has 0 spiro atoms. The fourth-order valence-electron chi connectivity index (χ4n) is 2.37. The van der Waals surface area contributed by atoms with E-state index in [-0.39, 0.29) is 0 Å². The lowest BCUT2D eigenvalue weighted by Crippen LogP contribution is -1.95. The van der Waals surface area contributed by atoms with Crippen LogP contribution >= 0.6 is 11.9 Å². The van der Waals surface area contributed by atoms with Crippen LogP contribution in [0.3, 0.4) is 0 Å². The third-order valence-corrected chi connectivity index (χ3v) is 4.71. The first kappa shape index (κ1) is 15.6. The van der Waals surface area contributed by atoms with E-state index in [9.17, 15) is 0 Å². The maximum absolute atomic E-state index is 4.80. The lowest BCUT2D eigenvalue weighted by molar-refractivity contribution is 1.26. The number of hydrogen-bond donors (Lipinski definition) is 1. The molecule has 0 aliphatic heterocycles. The van der Waals surface area contributed by atoms with Crippen LogP contribution in [0.1, 0.15) is 16.7 Å². The molecule has 3 heteroatoms. The Morgan fingerprint density at radius 2 is 1.52 bits per heavy atom. The number of benzene rings is 2. The highest BCUT2D eigenvalue weighted by molar-refractivity contribution is 8.00. The smallest absolute Gasteiger partial charge is 0.136 e. The number of rotatable bonds is 4. The molecule has 3 aromatic rings. The molecule has 116 valence electrons. The number of hydrogen-bond acceptors (Lipinski definition) is 3. The highest BCUT2D eigenvalue weighted by atomic mass is 32.2. The second kappa shape index (κ2) is 6.88. The van der Waals surface area contributed by atoms with Crippen molar-refractivity contribution >= 4 is 17.8 Å². The third-order valence-electron chi connectivity index (χ3n) is 3.89. The summed E-state index contributed by atoms with van der Waals surface area (Å²) < 4.78 is 3.33. The number of anilines is 1. The van der Waals surface area contributed by atoms with Gasteiger partial charge in [0.15, 0.2) is 0 Å². The average Bonchev–Trinajstić information content (AvgIpc) is 2.58. The zero-order valence-electron chi connectivity index (χ0n) is 13.6. The quantitative estimate of drug-likeness (QED) is 0.616. The summed E-state index contributed by atoms with van der Waals surface area (Å²) in [5.74, 6) is 0.873. The summed E-state index contributed by atoms with van der Waals surface area (Å²) >= 11 is 1.58. The van der Waals surface area contributed by atoms with Gasteiger partial charge in [0, 0.05) is 10.5 Å². The summed E-state index contributed by atoms with van der Waals surface area (Å²) in [6.45, 7) is 6.38. The molecule has 0 unspecified atom stereocenters. The molecule has 2 nitrogen and oxygen atoms in total. The molecular formula is C20H20N2S. The minimum absolute atomic E-state index is 0.873. The third kappa shape index (κ3) is 3.74. The number of nitrogens with zero attached hydrogens (tertiary/aromatic N) is 1. The van der Waals surface area contributed by atoms with Gasteiger partial charge in [-0.25, -0.2) is 4.98 Å². The Kier molecular flexibility index (Phi) is 4.68. The Balaban J connectivity index is 1.85. The van der Waals surface area contributed by atoms with Crippen LogP contribution in [-0.2, 0) is 0 Å². The highest BCUT2D eigenvalue weighted by Gasteiger charge is 2.07. The Labute approximate surface area is 142 Å². The van der Waals surface area contributed by atoms with E-state index in [0.29, 0.717) is 0 Å². The summed E-state index contributed by atoms with van der Waals surface area (Å²) in [6.07, 6.45) is 0. The molecule has 0 bridgehead atoms. The van der Waals surface area contributed by atoms with Crippen LogP contribution in [0, 0.1) is 20.8 Å². The normalized spacial score (nSPS) is 10.6. The van der Waals surface area contributed by atoms with Crippen LogP contribution < -0.4 is 4.72 Å². The van der Waals surface area contributed by atoms with Crippen molar-refractivity contribution in [3.8, 4) is 11.3 Å². The molecule has 0 saturated heterocycles. The Morgan fingerprint density at radius 1 is 0.783 bits per heavy atom. The molecule has 3 rings (SSSR count). The summed E-state index contributed by atoms with van der Waals surface area (Å²) in [7, 11) is 0. The van der Waals surface area contributed by atoms with Crippen molar-refractivity contribution in [3.05, 3.63) is 77.4 Å². The van der Waals surface area contributed by atoms with Crippen LogP contribution in [0.4, 0.5) is 5.82 Å². The van der Waals surface area contributed by atoms with E-state index in [4.69, 9.17) is 4.98 Å². The fraction of sp³-hybridized carbons (Fsp3) is 0.150. The Morgan fingerprint density at radius 3 is 2.26 bits per heavy atom. The largest absolute Gasteiger partial charge is 0.310 e. The first-order valence-corrected chi connectivity index (χ1v) is 8.48. The number of aryl methyl sites for hydroxylation is 3. The molecular weight excluding hydrogens is 300 g/mol. The van der Waals surface area contributed by atoms with Crippen molar-refractivity contribution in [2.45, 2.75) is 25.7 Å². The van der Waals surface area contributed by atoms with E-state index in [2.05, 4.69) is 61.9 Å². The highest BCUT2D eigenvalue weighted by Crippen LogP contribution is 2.27. The molecule has 0 saturated carbocycles. The molecule has 1 aromatic heterocycles. The molecule has 0 radical (unpaired) electrons. The van der Waals surface area contributed by atoms with E-state index in [0.717, 1.165) is 11.5 Å². The van der Waals surface area contributed by atoms with Gasteiger partial charge >= 0.3 is 0 Å². The van der Waals surface area contributed by atoms with Gasteiger partial charge in [-0.05, 0) is 73.7 Å². The second-order valence-corrected chi connectivity index (χ2v) is 6.56. The molecule has 1 N–H and O–H groups in total. The van der Waals surface area contributed by atoms with Crippen molar-refractivity contribution in [3.63, 3.8) is 0 Å². The van der Waals surface area contributed by atoms with Crippen LogP contribution in [0.25, 0.3) is 11.3 Å². The van der Waals surface area contributed by atoms with E-state index < -0.39 is 0 Å². The van der Waals surface area contributed by atoms with Gasteiger partial charge in [-0.15, -0.1) is 0 Å². The number of nitrogens with one attached hydrogen (secondary N) is 1. The zero-order chi connectivity index (χ0) is 16.2. The van der Waals surface area contributed by atoms with Gasteiger partial charge in [-0.1, -0.05) is 36.4 Å². The van der Waals surface area contributed by atoms with Gasteiger partial charge in [0.05, 0.1) is 5.69 Å². The Hall–Kier alpha value is -2.26. The van der Waals surface area contributed by atoms with Crippen molar-refractivity contribution in [2.75, 3.05) is 4.72 Å². The van der Waals surface area contributed by atoms with Crippen molar-refractivity contribution in [1.29, 1.82) is 0 Å². The van der Waals surface area contributed by atoms with Crippen LogP contribution in [0.2, 0.25) is 0 Å². The summed E-state index contributed by atoms with van der Waals surface area (Å²) in [5.41, 5.74) is 5.98. The lowest BCUT2D eigenvalue weighted by atomic mass is 10.0. The summed E-state index contributed by atoms with van der Waals surface area (Å²) in [6, 6.07) is 20.9. The molecule has 0 aliphatic rings. The lowest BCUT2D eigenvalue weighted by Gasteiger charge is -2.11. The monoisotopic (exact) mass is 320 g/mol. The maximum atomic E-state index is 4.80.